The zero-order valence-corrected chi connectivity index (χ0v) is 17.8. The van der Waals surface area contributed by atoms with Crippen LogP contribution in [0.4, 0.5) is 5.69 Å². The van der Waals surface area contributed by atoms with Gasteiger partial charge in [0.15, 0.2) is 9.84 Å². The first kappa shape index (κ1) is 20.4. The van der Waals surface area contributed by atoms with Crippen LogP contribution in [0.3, 0.4) is 0 Å². The van der Waals surface area contributed by atoms with Crippen molar-refractivity contribution in [1.82, 2.24) is 5.32 Å². The van der Waals surface area contributed by atoms with E-state index in [-0.39, 0.29) is 40.8 Å². The van der Waals surface area contributed by atoms with Crippen molar-refractivity contribution in [3.8, 4) is 0 Å². The number of para-hydroxylation sites is 1. The number of anilines is 1. The Labute approximate surface area is 172 Å². The fraction of sp³-hybridized carbons (Fsp3) is 0.636. The fourth-order valence-corrected chi connectivity index (χ4v) is 7.13. The highest BCUT2D eigenvalue weighted by atomic mass is 32.2. The number of carbonyl (C=O) groups excluding carboxylic acids is 2. The molecule has 0 aliphatic heterocycles. The number of nitrogens with one attached hydrogen (secondary N) is 2. The number of hydrogen-bond donors (Lipinski definition) is 2. The molecule has 4 aliphatic rings. The van der Waals surface area contributed by atoms with Crippen LogP contribution in [0, 0.1) is 23.2 Å². The van der Waals surface area contributed by atoms with E-state index in [2.05, 4.69) is 10.6 Å². The molecular formula is C22H30N2O4S. The summed E-state index contributed by atoms with van der Waals surface area (Å²) < 4.78 is 24.4. The highest BCUT2D eigenvalue weighted by molar-refractivity contribution is 7.91. The van der Waals surface area contributed by atoms with Gasteiger partial charge in [-0.15, -0.1) is 0 Å². The Kier molecular flexibility index (Phi) is 5.44. The van der Waals surface area contributed by atoms with Crippen molar-refractivity contribution < 1.29 is 18.0 Å². The maximum atomic E-state index is 12.9. The lowest BCUT2D eigenvalue weighted by molar-refractivity contribution is -0.146. The third kappa shape index (κ3) is 4.06. The average molecular weight is 419 g/mol. The van der Waals surface area contributed by atoms with E-state index in [4.69, 9.17) is 0 Å². The van der Waals surface area contributed by atoms with E-state index in [1.807, 2.05) is 0 Å². The zero-order chi connectivity index (χ0) is 20.6. The number of sulfone groups is 1. The zero-order valence-electron chi connectivity index (χ0n) is 16.9. The van der Waals surface area contributed by atoms with Crippen LogP contribution in [-0.2, 0) is 19.4 Å². The Balaban J connectivity index is 1.32. The molecule has 0 radical (unpaired) electrons. The van der Waals surface area contributed by atoms with Gasteiger partial charge in [0, 0.05) is 18.4 Å². The number of hydrogen-bond acceptors (Lipinski definition) is 4. The molecule has 4 fully saturated rings. The first-order valence-electron chi connectivity index (χ1n) is 10.7. The van der Waals surface area contributed by atoms with Gasteiger partial charge in [0.05, 0.1) is 16.3 Å². The van der Waals surface area contributed by atoms with Gasteiger partial charge in [-0.2, -0.15) is 0 Å². The summed E-state index contributed by atoms with van der Waals surface area (Å²) in [6.45, 7) is 1.85. The predicted octanol–water partition coefficient (Wildman–Crippen LogP) is 3.14. The molecule has 0 aromatic heterocycles. The van der Waals surface area contributed by atoms with Gasteiger partial charge in [0.2, 0.25) is 11.8 Å². The lowest BCUT2D eigenvalue weighted by atomic mass is 9.49. The second-order valence-corrected chi connectivity index (χ2v) is 11.4. The largest absolute Gasteiger partial charge is 0.355 e. The van der Waals surface area contributed by atoms with Gasteiger partial charge in [-0.3, -0.25) is 9.59 Å². The number of benzene rings is 1. The summed E-state index contributed by atoms with van der Waals surface area (Å²) in [5.74, 6) is 1.89. The van der Waals surface area contributed by atoms with E-state index < -0.39 is 9.84 Å². The molecule has 0 saturated heterocycles. The van der Waals surface area contributed by atoms with Crippen LogP contribution in [0.1, 0.15) is 51.9 Å². The Morgan fingerprint density at radius 1 is 1.03 bits per heavy atom. The van der Waals surface area contributed by atoms with Crippen LogP contribution in [0.2, 0.25) is 0 Å². The third-order valence-electron chi connectivity index (χ3n) is 7.03. The topological polar surface area (TPSA) is 92.3 Å². The van der Waals surface area contributed by atoms with Crippen molar-refractivity contribution in [2.75, 3.05) is 17.6 Å². The molecule has 158 valence electrons. The van der Waals surface area contributed by atoms with Gasteiger partial charge in [0.25, 0.3) is 0 Å². The standard InChI is InChI=1S/C22H30N2O4S/c1-2-29(27,28)19-6-4-3-5-18(19)24-20(25)7-8-23-21(26)22-12-15-9-16(13-22)11-17(10-15)14-22/h3-6,15-17H,2,7-14H2,1H3,(H,23,26)(H,24,25). The summed E-state index contributed by atoms with van der Waals surface area (Å²) in [5, 5.41) is 5.69. The second kappa shape index (κ2) is 7.74. The second-order valence-electron chi connectivity index (χ2n) is 9.15. The van der Waals surface area contributed by atoms with Gasteiger partial charge in [-0.1, -0.05) is 19.1 Å². The summed E-state index contributed by atoms with van der Waals surface area (Å²) >= 11 is 0. The molecule has 6 nitrogen and oxygen atoms in total. The molecule has 4 bridgehead atoms. The van der Waals surface area contributed by atoms with E-state index in [1.54, 1.807) is 25.1 Å². The summed E-state index contributed by atoms with van der Waals surface area (Å²) in [6, 6.07) is 6.43. The van der Waals surface area contributed by atoms with Gasteiger partial charge in [-0.05, 0) is 68.4 Å². The Morgan fingerprint density at radius 2 is 1.62 bits per heavy atom. The minimum Gasteiger partial charge on any atom is -0.355 e. The van der Waals surface area contributed by atoms with Crippen LogP contribution in [0.5, 0.6) is 0 Å². The normalized spacial score (nSPS) is 30.2. The lowest BCUT2D eigenvalue weighted by Gasteiger charge is -2.55. The van der Waals surface area contributed by atoms with E-state index >= 15 is 0 Å². The molecule has 4 saturated carbocycles. The van der Waals surface area contributed by atoms with Crippen molar-refractivity contribution in [2.45, 2.75) is 56.8 Å². The van der Waals surface area contributed by atoms with Crippen molar-refractivity contribution in [3.05, 3.63) is 24.3 Å². The van der Waals surface area contributed by atoms with Crippen LogP contribution in [0.25, 0.3) is 0 Å². The van der Waals surface area contributed by atoms with E-state index in [1.165, 1.54) is 25.3 Å². The molecule has 1 aromatic rings. The van der Waals surface area contributed by atoms with Crippen molar-refractivity contribution in [3.63, 3.8) is 0 Å². The molecule has 0 spiro atoms. The first-order valence-corrected chi connectivity index (χ1v) is 12.4. The molecule has 5 rings (SSSR count). The Bertz CT molecular complexity index is 874. The quantitative estimate of drug-likeness (QED) is 0.711. The maximum absolute atomic E-state index is 12.9. The average Bonchev–Trinajstić information content (AvgIpc) is 2.67. The SMILES string of the molecule is CCS(=O)(=O)c1ccccc1NC(=O)CCNC(=O)C12CC3CC(CC(C3)C1)C2. The van der Waals surface area contributed by atoms with Crippen LogP contribution in [0.15, 0.2) is 29.2 Å². The highest BCUT2D eigenvalue weighted by Gasteiger charge is 2.54. The van der Waals surface area contributed by atoms with Crippen LogP contribution >= 0.6 is 0 Å². The number of carbonyl (C=O) groups is 2. The first-order chi connectivity index (χ1) is 13.8. The Hall–Kier alpha value is -1.89. The van der Waals surface area contributed by atoms with Gasteiger partial charge >= 0.3 is 0 Å². The van der Waals surface area contributed by atoms with Gasteiger partial charge in [0.1, 0.15) is 0 Å². The molecule has 4 aliphatic carbocycles. The third-order valence-corrected chi connectivity index (χ3v) is 8.82. The summed E-state index contributed by atoms with van der Waals surface area (Å²) in [5.41, 5.74) is 0.0827. The fourth-order valence-electron chi connectivity index (χ4n) is 6.08. The number of amides is 2. The lowest BCUT2D eigenvalue weighted by Crippen LogP contribution is -2.53. The van der Waals surface area contributed by atoms with Crippen molar-refractivity contribution in [1.29, 1.82) is 0 Å². The van der Waals surface area contributed by atoms with Gasteiger partial charge in [-0.25, -0.2) is 8.42 Å². The summed E-state index contributed by atoms with van der Waals surface area (Å²) in [6.07, 6.45) is 6.98. The molecule has 7 heteroatoms. The summed E-state index contributed by atoms with van der Waals surface area (Å²) in [7, 11) is -3.42. The number of rotatable bonds is 7. The molecule has 2 N–H and O–H groups in total. The van der Waals surface area contributed by atoms with Crippen molar-refractivity contribution in [2.24, 2.45) is 23.2 Å². The molecule has 0 unspecified atom stereocenters. The van der Waals surface area contributed by atoms with Gasteiger partial charge < -0.3 is 10.6 Å². The molecule has 29 heavy (non-hydrogen) atoms. The predicted molar refractivity (Wildman–Crippen MR) is 111 cm³/mol. The smallest absolute Gasteiger partial charge is 0.226 e. The minimum atomic E-state index is -3.42. The monoisotopic (exact) mass is 418 g/mol. The molecule has 1 aromatic carbocycles. The van der Waals surface area contributed by atoms with E-state index in [9.17, 15) is 18.0 Å². The van der Waals surface area contributed by atoms with E-state index in [0.29, 0.717) is 23.4 Å². The minimum absolute atomic E-state index is 0.0268. The van der Waals surface area contributed by atoms with Crippen LogP contribution < -0.4 is 10.6 Å². The summed E-state index contributed by atoms with van der Waals surface area (Å²) in [4.78, 5) is 25.4. The maximum Gasteiger partial charge on any atom is 0.226 e. The molecule has 0 heterocycles. The van der Waals surface area contributed by atoms with Crippen LogP contribution in [-0.4, -0.2) is 32.5 Å². The molecule has 2 amide bonds. The van der Waals surface area contributed by atoms with Crippen molar-refractivity contribution >= 4 is 27.3 Å². The molecule has 0 atom stereocenters. The van der Waals surface area contributed by atoms with E-state index in [0.717, 1.165) is 19.3 Å². The highest BCUT2D eigenvalue weighted by Crippen LogP contribution is 2.60. The Morgan fingerprint density at radius 3 is 2.21 bits per heavy atom. The molecular weight excluding hydrogens is 388 g/mol.